The van der Waals surface area contributed by atoms with Crippen LogP contribution in [0.3, 0.4) is 0 Å². The van der Waals surface area contributed by atoms with Gasteiger partial charge in [0.05, 0.1) is 5.75 Å². The summed E-state index contributed by atoms with van der Waals surface area (Å²) in [4.78, 5) is 23.2. The molecule has 1 aromatic rings. The first-order valence-electron chi connectivity index (χ1n) is 6.45. The Hall–Kier alpha value is -1.61. The van der Waals surface area contributed by atoms with Crippen molar-refractivity contribution in [2.24, 2.45) is 0 Å². The topological polar surface area (TPSA) is 96.0 Å². The first-order chi connectivity index (χ1) is 10.1. The number of carbonyl (C=O) groups is 2. The van der Waals surface area contributed by atoms with E-state index in [0.717, 1.165) is 0 Å². The molecule has 9 heteroatoms. The predicted molar refractivity (Wildman–Crippen MR) is 85.6 cm³/mol. The van der Waals surface area contributed by atoms with Crippen molar-refractivity contribution in [1.29, 1.82) is 0 Å². The fourth-order valence-corrected chi connectivity index (χ4v) is 2.87. The molecule has 1 heterocycles. The highest BCUT2D eigenvalue weighted by molar-refractivity contribution is 8.01. The van der Waals surface area contributed by atoms with Gasteiger partial charge in [0.15, 0.2) is 4.34 Å². The molecule has 7 nitrogen and oxygen atoms in total. The number of amides is 2. The number of nitrogens with zero attached hydrogens (tertiary/aromatic N) is 2. The number of rotatable bonds is 9. The number of anilines is 1. The van der Waals surface area contributed by atoms with E-state index in [1.807, 2.05) is 6.92 Å². The molecule has 0 spiro atoms. The number of carbonyl (C=O) groups excluding carboxylic acids is 2. The van der Waals surface area contributed by atoms with Gasteiger partial charge in [0.2, 0.25) is 16.9 Å². The molecule has 0 aliphatic carbocycles. The van der Waals surface area contributed by atoms with Gasteiger partial charge in [-0.3, -0.25) is 9.59 Å². The van der Waals surface area contributed by atoms with Gasteiger partial charge in [-0.2, -0.15) is 0 Å². The minimum absolute atomic E-state index is 0.192. The van der Waals surface area contributed by atoms with Crippen LogP contribution < -0.4 is 16.0 Å². The second-order valence-electron chi connectivity index (χ2n) is 4.02. The third kappa shape index (κ3) is 6.58. The van der Waals surface area contributed by atoms with Crippen LogP contribution in [0.15, 0.2) is 17.0 Å². The van der Waals surface area contributed by atoms with E-state index >= 15 is 0 Å². The molecule has 21 heavy (non-hydrogen) atoms. The molecule has 0 saturated heterocycles. The maximum absolute atomic E-state index is 11.7. The van der Waals surface area contributed by atoms with Crippen LogP contribution in [0.25, 0.3) is 0 Å². The number of hydrogen-bond acceptors (Lipinski definition) is 7. The average molecular weight is 329 g/mol. The molecule has 116 valence electrons. The lowest BCUT2D eigenvalue weighted by atomic mass is 10.3. The van der Waals surface area contributed by atoms with Crippen molar-refractivity contribution in [1.82, 2.24) is 20.8 Å². The van der Waals surface area contributed by atoms with Gasteiger partial charge < -0.3 is 16.0 Å². The van der Waals surface area contributed by atoms with Crippen molar-refractivity contribution < 1.29 is 9.59 Å². The second-order valence-corrected chi connectivity index (χ2v) is 6.22. The second kappa shape index (κ2) is 9.35. The summed E-state index contributed by atoms with van der Waals surface area (Å²) in [6, 6.07) is -0.544. The Morgan fingerprint density at radius 3 is 2.90 bits per heavy atom. The molecule has 0 saturated carbocycles. The SMILES string of the molecule is C=CCNc1nnc(SCC(=O)N[C@H](C)C(=O)NCC)s1. The lowest BCUT2D eigenvalue weighted by Crippen LogP contribution is -2.45. The summed E-state index contributed by atoms with van der Waals surface area (Å²) in [6.45, 7) is 8.23. The third-order valence-electron chi connectivity index (χ3n) is 2.25. The molecular formula is C12H19N5O2S2. The van der Waals surface area contributed by atoms with Crippen LogP contribution in [0.4, 0.5) is 5.13 Å². The maximum atomic E-state index is 11.7. The van der Waals surface area contributed by atoms with E-state index in [4.69, 9.17) is 0 Å². The quantitative estimate of drug-likeness (QED) is 0.459. The molecule has 0 aromatic carbocycles. The zero-order valence-electron chi connectivity index (χ0n) is 12.0. The minimum atomic E-state index is -0.544. The Bertz CT molecular complexity index is 492. The normalized spacial score (nSPS) is 11.5. The predicted octanol–water partition coefficient (Wildman–Crippen LogP) is 0.869. The van der Waals surface area contributed by atoms with Crippen molar-refractivity contribution >= 4 is 40.0 Å². The summed E-state index contributed by atoms with van der Waals surface area (Å²) < 4.78 is 0.697. The molecule has 1 aromatic heterocycles. The highest BCUT2D eigenvalue weighted by atomic mass is 32.2. The van der Waals surface area contributed by atoms with E-state index in [1.54, 1.807) is 13.0 Å². The van der Waals surface area contributed by atoms with Crippen molar-refractivity contribution in [2.75, 3.05) is 24.2 Å². The molecule has 1 atom stereocenters. The molecular weight excluding hydrogens is 310 g/mol. The van der Waals surface area contributed by atoms with Gasteiger partial charge in [-0.05, 0) is 13.8 Å². The smallest absolute Gasteiger partial charge is 0.242 e. The van der Waals surface area contributed by atoms with Crippen LogP contribution in [-0.4, -0.2) is 46.9 Å². The molecule has 0 aliphatic heterocycles. The molecule has 1 rings (SSSR count). The van der Waals surface area contributed by atoms with Crippen molar-refractivity contribution in [3.8, 4) is 0 Å². The van der Waals surface area contributed by atoms with Gasteiger partial charge in [0.25, 0.3) is 0 Å². The largest absolute Gasteiger partial charge is 0.357 e. The molecule has 0 aliphatic rings. The van der Waals surface area contributed by atoms with Gasteiger partial charge >= 0.3 is 0 Å². The third-order valence-corrected chi connectivity index (χ3v) is 4.27. The lowest BCUT2D eigenvalue weighted by molar-refractivity contribution is -0.127. The number of aromatic nitrogens is 2. The van der Waals surface area contributed by atoms with E-state index in [9.17, 15) is 9.59 Å². The van der Waals surface area contributed by atoms with Gasteiger partial charge in [-0.25, -0.2) is 0 Å². The van der Waals surface area contributed by atoms with E-state index in [-0.39, 0.29) is 17.6 Å². The van der Waals surface area contributed by atoms with E-state index in [0.29, 0.717) is 22.6 Å². The Labute approximate surface area is 132 Å². The first-order valence-corrected chi connectivity index (χ1v) is 8.25. The number of thioether (sulfide) groups is 1. The van der Waals surface area contributed by atoms with E-state index < -0.39 is 6.04 Å². The first kappa shape index (κ1) is 17.4. The molecule has 0 fully saturated rings. The van der Waals surface area contributed by atoms with Crippen molar-refractivity contribution in [3.63, 3.8) is 0 Å². The Kier molecular flexibility index (Phi) is 7.76. The van der Waals surface area contributed by atoms with Crippen LogP contribution in [0.1, 0.15) is 13.8 Å². The Morgan fingerprint density at radius 2 is 2.24 bits per heavy atom. The summed E-state index contributed by atoms with van der Waals surface area (Å²) in [5.74, 6) is -0.211. The Balaban J connectivity index is 2.33. The van der Waals surface area contributed by atoms with Crippen LogP contribution in [-0.2, 0) is 9.59 Å². The highest BCUT2D eigenvalue weighted by Crippen LogP contribution is 2.24. The summed E-state index contributed by atoms with van der Waals surface area (Å²) in [5.41, 5.74) is 0. The van der Waals surface area contributed by atoms with Gasteiger partial charge in [-0.15, -0.1) is 16.8 Å². The molecule has 2 amide bonds. The molecule has 0 radical (unpaired) electrons. The van der Waals surface area contributed by atoms with Crippen LogP contribution in [0, 0.1) is 0 Å². The highest BCUT2D eigenvalue weighted by Gasteiger charge is 2.15. The lowest BCUT2D eigenvalue weighted by Gasteiger charge is -2.12. The van der Waals surface area contributed by atoms with Gasteiger partial charge in [0, 0.05) is 13.1 Å². The van der Waals surface area contributed by atoms with Gasteiger partial charge in [-0.1, -0.05) is 29.2 Å². The zero-order chi connectivity index (χ0) is 15.7. The summed E-state index contributed by atoms with van der Waals surface area (Å²) in [6.07, 6.45) is 1.73. The number of likely N-dealkylation sites (N-methyl/N-ethyl adjacent to an activating group) is 1. The maximum Gasteiger partial charge on any atom is 0.242 e. The van der Waals surface area contributed by atoms with E-state index in [1.165, 1.54) is 23.1 Å². The van der Waals surface area contributed by atoms with Gasteiger partial charge in [0.1, 0.15) is 6.04 Å². The Morgan fingerprint density at radius 1 is 1.48 bits per heavy atom. The zero-order valence-corrected chi connectivity index (χ0v) is 13.6. The molecule has 0 bridgehead atoms. The fourth-order valence-electron chi connectivity index (χ4n) is 1.30. The summed E-state index contributed by atoms with van der Waals surface area (Å²) in [7, 11) is 0. The number of nitrogens with one attached hydrogen (secondary N) is 3. The average Bonchev–Trinajstić information content (AvgIpc) is 2.91. The van der Waals surface area contributed by atoms with E-state index in [2.05, 4.69) is 32.7 Å². The van der Waals surface area contributed by atoms with Crippen molar-refractivity contribution in [2.45, 2.75) is 24.2 Å². The standard InChI is InChI=1S/C12H19N5O2S2/c1-4-6-14-11-16-17-12(21-11)20-7-9(18)15-8(3)10(19)13-5-2/h4,8H,1,5-7H2,2-3H3,(H,13,19)(H,14,16)(H,15,18)/t8-/m1/s1. The van der Waals surface area contributed by atoms with Crippen LogP contribution >= 0.6 is 23.1 Å². The minimum Gasteiger partial charge on any atom is -0.357 e. The van der Waals surface area contributed by atoms with Crippen LogP contribution in [0.5, 0.6) is 0 Å². The van der Waals surface area contributed by atoms with Crippen molar-refractivity contribution in [3.05, 3.63) is 12.7 Å². The monoisotopic (exact) mass is 329 g/mol. The fraction of sp³-hybridized carbons (Fsp3) is 0.500. The van der Waals surface area contributed by atoms with Crippen LogP contribution in [0.2, 0.25) is 0 Å². The molecule has 0 unspecified atom stereocenters. The number of hydrogen-bond donors (Lipinski definition) is 3. The summed E-state index contributed by atoms with van der Waals surface area (Å²) >= 11 is 2.66. The molecule has 3 N–H and O–H groups in total. The summed E-state index contributed by atoms with van der Waals surface area (Å²) in [5, 5.41) is 16.9.